The maximum atomic E-state index is 12.4. The number of hydrogen-bond acceptors (Lipinski definition) is 2. The average molecular weight is 304 g/mol. The topological polar surface area (TPSA) is 45.6 Å². The zero-order valence-electron chi connectivity index (χ0n) is 11.0. The van der Waals surface area contributed by atoms with Gasteiger partial charge in [-0.1, -0.05) is 23.2 Å². The summed E-state index contributed by atoms with van der Waals surface area (Å²) in [7, 11) is 3.41. The van der Waals surface area contributed by atoms with Gasteiger partial charge in [0, 0.05) is 26.7 Å². The fourth-order valence-corrected chi connectivity index (χ4v) is 2.47. The number of hydrogen-bond donors (Lipinski definition) is 0. The van der Waals surface area contributed by atoms with Crippen LogP contribution in [0.15, 0.2) is 6.07 Å². The van der Waals surface area contributed by atoms with Gasteiger partial charge < -0.3 is 14.4 Å². The summed E-state index contributed by atoms with van der Waals surface area (Å²) in [4.78, 5) is 27.4. The molecule has 19 heavy (non-hydrogen) atoms. The highest BCUT2D eigenvalue weighted by atomic mass is 35.5. The molecule has 2 amide bonds. The summed E-state index contributed by atoms with van der Waals surface area (Å²) in [5.41, 5.74) is 0.388. The number of nitrogens with zero attached hydrogens (tertiary/aromatic N) is 3. The molecule has 1 atom stereocenters. The Balaban J connectivity index is 2.25. The van der Waals surface area contributed by atoms with Gasteiger partial charge in [-0.3, -0.25) is 9.59 Å². The fourth-order valence-electron chi connectivity index (χ4n) is 2.09. The van der Waals surface area contributed by atoms with E-state index in [2.05, 4.69) is 0 Å². The molecule has 1 fully saturated rings. The van der Waals surface area contributed by atoms with Gasteiger partial charge in [0.25, 0.3) is 5.91 Å². The first-order valence-corrected chi connectivity index (χ1v) is 6.64. The van der Waals surface area contributed by atoms with Crippen LogP contribution in [-0.2, 0) is 11.8 Å². The number of halogens is 2. The minimum absolute atomic E-state index is 0.00332. The molecule has 0 bridgehead atoms. The van der Waals surface area contributed by atoms with Crippen LogP contribution in [0, 0.1) is 0 Å². The Labute approximate surface area is 121 Å². The lowest BCUT2D eigenvalue weighted by atomic mass is 10.2. The van der Waals surface area contributed by atoms with Crippen molar-refractivity contribution >= 4 is 35.0 Å². The van der Waals surface area contributed by atoms with Crippen molar-refractivity contribution in [2.45, 2.75) is 13.0 Å². The Morgan fingerprint density at radius 3 is 2.47 bits per heavy atom. The van der Waals surface area contributed by atoms with Gasteiger partial charge in [0.2, 0.25) is 5.91 Å². The molecule has 1 aliphatic heterocycles. The zero-order chi connectivity index (χ0) is 14.3. The lowest BCUT2D eigenvalue weighted by molar-refractivity contribution is -0.136. The molecule has 0 unspecified atom stereocenters. The van der Waals surface area contributed by atoms with E-state index in [9.17, 15) is 9.59 Å². The van der Waals surface area contributed by atoms with E-state index in [4.69, 9.17) is 23.2 Å². The van der Waals surface area contributed by atoms with Crippen LogP contribution in [0.3, 0.4) is 0 Å². The highest BCUT2D eigenvalue weighted by molar-refractivity contribution is 6.41. The van der Waals surface area contributed by atoms with Crippen LogP contribution >= 0.6 is 23.2 Å². The zero-order valence-corrected chi connectivity index (χ0v) is 12.5. The van der Waals surface area contributed by atoms with Crippen LogP contribution in [-0.4, -0.2) is 52.4 Å². The smallest absolute Gasteiger partial charge is 0.271 e. The number of amides is 2. The molecule has 0 saturated carbocycles. The third-order valence-corrected chi connectivity index (χ3v) is 4.33. The highest BCUT2D eigenvalue weighted by Gasteiger charge is 2.31. The molecule has 5 nitrogen and oxygen atoms in total. The second kappa shape index (κ2) is 5.06. The van der Waals surface area contributed by atoms with Gasteiger partial charge in [0.1, 0.15) is 17.4 Å². The Kier molecular flexibility index (Phi) is 3.78. The second-order valence-electron chi connectivity index (χ2n) is 4.77. The first-order chi connectivity index (χ1) is 8.82. The van der Waals surface area contributed by atoms with Crippen molar-refractivity contribution in [3.8, 4) is 0 Å². The number of aromatic nitrogens is 1. The van der Waals surface area contributed by atoms with Crippen LogP contribution in [0.2, 0.25) is 10.2 Å². The number of piperazine rings is 1. The number of likely N-dealkylation sites (N-methyl/N-ethyl adjacent to an activating group) is 1. The number of carbonyl (C=O) groups excluding carboxylic acids is 2. The monoisotopic (exact) mass is 303 g/mol. The molecule has 104 valence electrons. The Hall–Kier alpha value is -1.20. The van der Waals surface area contributed by atoms with Crippen LogP contribution < -0.4 is 0 Å². The number of rotatable bonds is 1. The summed E-state index contributed by atoms with van der Waals surface area (Å²) < 4.78 is 1.53. The summed E-state index contributed by atoms with van der Waals surface area (Å²) in [5.74, 6) is -0.303. The van der Waals surface area contributed by atoms with Crippen molar-refractivity contribution in [3.05, 3.63) is 21.9 Å². The molecular formula is C12H15Cl2N3O2. The van der Waals surface area contributed by atoms with Crippen molar-refractivity contribution in [1.29, 1.82) is 0 Å². The summed E-state index contributed by atoms with van der Waals surface area (Å²) >= 11 is 11.8. The van der Waals surface area contributed by atoms with Gasteiger partial charge >= 0.3 is 0 Å². The lowest BCUT2D eigenvalue weighted by Crippen LogP contribution is -2.55. The van der Waals surface area contributed by atoms with Gasteiger partial charge in [-0.25, -0.2) is 0 Å². The Morgan fingerprint density at radius 1 is 1.37 bits per heavy atom. The summed E-state index contributed by atoms with van der Waals surface area (Å²) in [6, 6.07) is 1.52. The van der Waals surface area contributed by atoms with E-state index in [0.29, 0.717) is 22.4 Å². The van der Waals surface area contributed by atoms with E-state index >= 15 is 0 Å². The van der Waals surface area contributed by atoms with E-state index < -0.39 is 0 Å². The van der Waals surface area contributed by atoms with Crippen LogP contribution in [0.25, 0.3) is 0 Å². The standard InChI is InChI=1S/C12H15Cl2N3O2/c1-7-5-17(6-10(18)15(7)2)12(19)9-4-8(13)11(14)16(9)3/h4,7H,5-6H2,1-3H3/t7-/m0/s1. The van der Waals surface area contributed by atoms with E-state index in [0.717, 1.165) is 0 Å². The molecule has 7 heteroatoms. The third kappa shape index (κ3) is 2.44. The third-order valence-electron chi connectivity index (χ3n) is 3.49. The molecule has 2 rings (SSSR count). The molecule has 0 N–H and O–H groups in total. The van der Waals surface area contributed by atoms with E-state index in [-0.39, 0.29) is 24.4 Å². The predicted molar refractivity (Wildman–Crippen MR) is 73.6 cm³/mol. The minimum atomic E-state index is -0.232. The van der Waals surface area contributed by atoms with Gasteiger partial charge in [-0.2, -0.15) is 0 Å². The second-order valence-corrected chi connectivity index (χ2v) is 5.53. The predicted octanol–water partition coefficient (Wildman–Crippen LogP) is 1.63. The molecule has 0 spiro atoms. The minimum Gasteiger partial charge on any atom is -0.340 e. The van der Waals surface area contributed by atoms with Gasteiger partial charge in [0.05, 0.1) is 5.02 Å². The Morgan fingerprint density at radius 2 is 2.00 bits per heavy atom. The normalized spacial score (nSPS) is 20.1. The molecule has 0 aliphatic carbocycles. The van der Waals surface area contributed by atoms with Crippen molar-refractivity contribution in [2.75, 3.05) is 20.1 Å². The molecule has 2 heterocycles. The molecule has 1 aromatic heterocycles. The maximum absolute atomic E-state index is 12.4. The van der Waals surface area contributed by atoms with Crippen LogP contribution in [0.5, 0.6) is 0 Å². The Bertz CT molecular complexity index is 541. The maximum Gasteiger partial charge on any atom is 0.271 e. The van der Waals surface area contributed by atoms with Crippen LogP contribution in [0.4, 0.5) is 0 Å². The first-order valence-electron chi connectivity index (χ1n) is 5.88. The van der Waals surface area contributed by atoms with Crippen molar-refractivity contribution in [1.82, 2.24) is 14.4 Å². The molecular weight excluding hydrogens is 289 g/mol. The molecule has 1 aromatic rings. The largest absolute Gasteiger partial charge is 0.340 e. The quantitative estimate of drug-likeness (QED) is 0.792. The van der Waals surface area contributed by atoms with Crippen molar-refractivity contribution in [2.24, 2.45) is 7.05 Å². The van der Waals surface area contributed by atoms with E-state index in [1.54, 1.807) is 19.0 Å². The van der Waals surface area contributed by atoms with Crippen LogP contribution in [0.1, 0.15) is 17.4 Å². The molecule has 0 aromatic carbocycles. The molecule has 1 aliphatic rings. The lowest BCUT2D eigenvalue weighted by Gasteiger charge is -2.37. The first kappa shape index (κ1) is 14.2. The highest BCUT2D eigenvalue weighted by Crippen LogP contribution is 2.26. The summed E-state index contributed by atoms with van der Waals surface area (Å²) in [5, 5.41) is 0.652. The average Bonchev–Trinajstić information content (AvgIpc) is 2.62. The van der Waals surface area contributed by atoms with E-state index in [1.165, 1.54) is 15.5 Å². The molecule has 0 radical (unpaired) electrons. The SMILES string of the molecule is C[C@H]1CN(C(=O)c2cc(Cl)c(Cl)n2C)CC(=O)N1C. The van der Waals surface area contributed by atoms with Gasteiger partial charge in [-0.15, -0.1) is 0 Å². The van der Waals surface area contributed by atoms with Crippen molar-refractivity contribution in [3.63, 3.8) is 0 Å². The summed E-state index contributed by atoms with van der Waals surface area (Å²) in [6.45, 7) is 2.49. The van der Waals surface area contributed by atoms with Gasteiger partial charge in [0.15, 0.2) is 0 Å². The number of carbonyl (C=O) groups is 2. The van der Waals surface area contributed by atoms with Gasteiger partial charge in [-0.05, 0) is 13.0 Å². The molecule has 1 saturated heterocycles. The van der Waals surface area contributed by atoms with Crippen molar-refractivity contribution < 1.29 is 9.59 Å². The fraction of sp³-hybridized carbons (Fsp3) is 0.500. The van der Waals surface area contributed by atoms with E-state index in [1.807, 2.05) is 6.92 Å². The summed E-state index contributed by atoms with van der Waals surface area (Å²) in [6.07, 6.45) is 0.